The van der Waals surface area contributed by atoms with Crippen molar-refractivity contribution in [3.05, 3.63) is 23.8 Å². The van der Waals surface area contributed by atoms with Crippen LogP contribution in [0.4, 0.5) is 13.2 Å². The maximum absolute atomic E-state index is 13.0. The lowest BCUT2D eigenvalue weighted by atomic mass is 10.0. The van der Waals surface area contributed by atoms with Gasteiger partial charge in [0.15, 0.2) is 0 Å². The first-order chi connectivity index (χ1) is 13.0. The second kappa shape index (κ2) is 7.14. The van der Waals surface area contributed by atoms with Crippen LogP contribution in [-0.4, -0.2) is 75.0 Å². The maximum atomic E-state index is 13.0. The Kier molecular flexibility index (Phi) is 5.30. The van der Waals surface area contributed by atoms with E-state index in [0.717, 1.165) is 4.90 Å². The number of likely N-dealkylation sites (tertiary alicyclic amines) is 2. The van der Waals surface area contributed by atoms with Gasteiger partial charge < -0.3 is 20.0 Å². The van der Waals surface area contributed by atoms with Crippen molar-refractivity contribution in [2.24, 2.45) is 0 Å². The van der Waals surface area contributed by atoms with E-state index in [9.17, 15) is 33.0 Å². The van der Waals surface area contributed by atoms with Crippen LogP contribution in [0.25, 0.3) is 0 Å². The molecule has 10 heteroatoms. The molecule has 1 aromatic rings. The predicted molar refractivity (Wildman–Crippen MR) is 96.1 cm³/mol. The summed E-state index contributed by atoms with van der Waals surface area (Å²) in [6, 6.07) is 3.79. The summed E-state index contributed by atoms with van der Waals surface area (Å²) >= 11 is 1.29. The van der Waals surface area contributed by atoms with E-state index in [4.69, 9.17) is 0 Å². The standard InChI is InChI=1S/C18H21F3N2O4S/c1-17(27,18(19,20)21)16(26)23-9-7-11-12(23)6-8-22(11)15(25)10-4-3-5-13(28-2)14(10)24/h3-5,11-12,24,27H,6-9H2,1-2H3/t11-,12-,17?/m0/s1. The summed E-state index contributed by atoms with van der Waals surface area (Å²) in [4.78, 5) is 28.4. The molecule has 2 aliphatic rings. The zero-order valence-electron chi connectivity index (χ0n) is 15.4. The normalized spacial score (nSPS) is 24.2. The molecule has 0 radical (unpaired) electrons. The number of phenols is 1. The Morgan fingerprint density at radius 3 is 2.29 bits per heavy atom. The lowest BCUT2D eigenvalue weighted by molar-refractivity contribution is -0.250. The van der Waals surface area contributed by atoms with Crippen molar-refractivity contribution in [2.45, 2.75) is 48.5 Å². The Bertz CT molecular complexity index is 800. The number of benzene rings is 1. The van der Waals surface area contributed by atoms with Gasteiger partial charge in [0.1, 0.15) is 5.75 Å². The highest BCUT2D eigenvalue weighted by Gasteiger charge is 2.60. The van der Waals surface area contributed by atoms with Crippen LogP contribution >= 0.6 is 11.8 Å². The van der Waals surface area contributed by atoms with E-state index in [2.05, 4.69) is 0 Å². The van der Waals surface area contributed by atoms with Crippen molar-refractivity contribution in [2.75, 3.05) is 19.3 Å². The SMILES string of the molecule is CSc1cccc(C(=O)N2CC[C@H]3[C@@H]2CCN3C(=O)C(C)(O)C(F)(F)F)c1O. The number of amides is 2. The summed E-state index contributed by atoms with van der Waals surface area (Å²) < 4.78 is 39.1. The number of halogens is 3. The van der Waals surface area contributed by atoms with Gasteiger partial charge >= 0.3 is 6.18 Å². The number of hydrogen-bond acceptors (Lipinski definition) is 5. The Hall–Kier alpha value is -1.94. The predicted octanol–water partition coefficient (Wildman–Crippen LogP) is 2.24. The van der Waals surface area contributed by atoms with Crippen LogP contribution in [0.1, 0.15) is 30.1 Å². The van der Waals surface area contributed by atoms with E-state index in [0.29, 0.717) is 24.7 Å². The van der Waals surface area contributed by atoms with Gasteiger partial charge in [-0.25, -0.2) is 0 Å². The quantitative estimate of drug-likeness (QED) is 0.736. The molecule has 28 heavy (non-hydrogen) atoms. The van der Waals surface area contributed by atoms with Gasteiger partial charge in [0.25, 0.3) is 11.8 Å². The van der Waals surface area contributed by atoms with Crippen LogP contribution < -0.4 is 0 Å². The lowest BCUT2D eigenvalue weighted by Crippen LogP contribution is -2.57. The number of alkyl halides is 3. The highest BCUT2D eigenvalue weighted by Crippen LogP contribution is 2.39. The Morgan fingerprint density at radius 2 is 1.71 bits per heavy atom. The van der Waals surface area contributed by atoms with Crippen LogP contribution in [-0.2, 0) is 4.79 Å². The smallest absolute Gasteiger partial charge is 0.426 e. The van der Waals surface area contributed by atoms with Crippen LogP contribution in [0.15, 0.2) is 23.1 Å². The van der Waals surface area contributed by atoms with E-state index < -0.39 is 35.7 Å². The Balaban J connectivity index is 1.81. The molecular formula is C18H21F3N2O4S. The van der Waals surface area contributed by atoms with Crippen molar-refractivity contribution in [1.29, 1.82) is 0 Å². The van der Waals surface area contributed by atoms with Crippen molar-refractivity contribution in [3.8, 4) is 5.75 Å². The highest BCUT2D eigenvalue weighted by atomic mass is 32.2. The Labute approximate surface area is 164 Å². The molecule has 3 rings (SSSR count). The third-order valence-electron chi connectivity index (χ3n) is 5.52. The molecule has 154 valence electrons. The van der Waals surface area contributed by atoms with Gasteiger partial charge in [0, 0.05) is 18.0 Å². The fraction of sp³-hybridized carbons (Fsp3) is 0.556. The van der Waals surface area contributed by atoms with Gasteiger partial charge in [-0.3, -0.25) is 9.59 Å². The molecule has 0 aromatic heterocycles. The van der Waals surface area contributed by atoms with E-state index in [1.807, 2.05) is 0 Å². The number of fused-ring (bicyclic) bond motifs is 1. The van der Waals surface area contributed by atoms with Crippen molar-refractivity contribution in [3.63, 3.8) is 0 Å². The second-order valence-electron chi connectivity index (χ2n) is 7.14. The molecule has 2 saturated heterocycles. The molecule has 3 atom stereocenters. The molecule has 2 amide bonds. The number of para-hydroxylation sites is 1. The monoisotopic (exact) mass is 418 g/mol. The number of phenolic OH excluding ortho intramolecular Hbond substituents is 1. The second-order valence-corrected chi connectivity index (χ2v) is 7.98. The minimum Gasteiger partial charge on any atom is -0.506 e. The fourth-order valence-corrected chi connectivity index (χ4v) is 4.42. The molecular weight excluding hydrogens is 397 g/mol. The molecule has 2 fully saturated rings. The third kappa shape index (κ3) is 3.22. The topological polar surface area (TPSA) is 81.1 Å². The summed E-state index contributed by atoms with van der Waals surface area (Å²) in [5, 5.41) is 20.0. The summed E-state index contributed by atoms with van der Waals surface area (Å²) in [6.45, 7) is 0.739. The zero-order valence-corrected chi connectivity index (χ0v) is 16.2. The van der Waals surface area contributed by atoms with Crippen molar-refractivity contribution in [1.82, 2.24) is 9.80 Å². The van der Waals surface area contributed by atoms with Crippen LogP contribution in [0.3, 0.4) is 0 Å². The van der Waals surface area contributed by atoms with Crippen LogP contribution in [0, 0.1) is 0 Å². The van der Waals surface area contributed by atoms with Crippen molar-refractivity contribution < 1.29 is 33.0 Å². The summed E-state index contributed by atoms with van der Waals surface area (Å²) in [6.07, 6.45) is -2.68. The van der Waals surface area contributed by atoms with Gasteiger partial charge in [0.05, 0.1) is 17.6 Å². The van der Waals surface area contributed by atoms with E-state index in [1.165, 1.54) is 22.7 Å². The number of carbonyl (C=O) groups is 2. The molecule has 1 unspecified atom stereocenters. The first kappa shape index (κ1) is 20.8. The van der Waals surface area contributed by atoms with Crippen molar-refractivity contribution >= 4 is 23.6 Å². The highest BCUT2D eigenvalue weighted by molar-refractivity contribution is 7.98. The molecule has 1 aromatic carbocycles. The number of hydrogen-bond donors (Lipinski definition) is 2. The average Bonchev–Trinajstić information content (AvgIpc) is 3.21. The van der Waals surface area contributed by atoms with Gasteiger partial charge in [-0.2, -0.15) is 13.2 Å². The molecule has 6 nitrogen and oxygen atoms in total. The Morgan fingerprint density at radius 1 is 1.14 bits per heavy atom. The number of aliphatic hydroxyl groups is 1. The molecule has 2 N–H and O–H groups in total. The number of rotatable bonds is 3. The minimum atomic E-state index is -5.08. The zero-order chi connectivity index (χ0) is 20.9. The number of nitrogens with zero attached hydrogens (tertiary/aromatic N) is 2. The molecule has 0 spiro atoms. The first-order valence-corrected chi connectivity index (χ1v) is 10.00. The molecule has 2 aliphatic heterocycles. The molecule has 0 saturated carbocycles. The maximum Gasteiger partial charge on any atom is 0.426 e. The summed E-state index contributed by atoms with van der Waals surface area (Å²) in [7, 11) is 0. The molecule has 2 heterocycles. The largest absolute Gasteiger partial charge is 0.506 e. The number of carbonyl (C=O) groups excluding carboxylic acids is 2. The molecule has 0 aliphatic carbocycles. The van der Waals surface area contributed by atoms with Gasteiger partial charge in [-0.05, 0) is 38.2 Å². The minimum absolute atomic E-state index is 0.0288. The number of thioether (sulfide) groups is 1. The van der Waals surface area contributed by atoms with E-state index >= 15 is 0 Å². The summed E-state index contributed by atoms with van der Waals surface area (Å²) in [5.74, 6) is -1.94. The van der Waals surface area contributed by atoms with E-state index in [1.54, 1.807) is 18.4 Å². The van der Waals surface area contributed by atoms with E-state index in [-0.39, 0.29) is 24.4 Å². The first-order valence-electron chi connectivity index (χ1n) is 8.77. The van der Waals surface area contributed by atoms with Gasteiger partial charge in [0.2, 0.25) is 5.60 Å². The van der Waals surface area contributed by atoms with Crippen LogP contribution in [0.2, 0.25) is 0 Å². The number of aromatic hydroxyl groups is 1. The van der Waals surface area contributed by atoms with Gasteiger partial charge in [-0.1, -0.05) is 6.07 Å². The average molecular weight is 418 g/mol. The third-order valence-corrected chi connectivity index (χ3v) is 6.29. The molecule has 0 bridgehead atoms. The van der Waals surface area contributed by atoms with Gasteiger partial charge in [-0.15, -0.1) is 11.8 Å². The fourth-order valence-electron chi connectivity index (χ4n) is 3.91. The lowest BCUT2D eigenvalue weighted by Gasteiger charge is -2.32. The summed E-state index contributed by atoms with van der Waals surface area (Å²) in [5.41, 5.74) is -3.34. The van der Waals surface area contributed by atoms with Crippen LogP contribution in [0.5, 0.6) is 5.75 Å².